The first-order valence-corrected chi connectivity index (χ1v) is 9.95. The summed E-state index contributed by atoms with van der Waals surface area (Å²) in [5, 5.41) is 13.8. The minimum Gasteiger partial charge on any atom is -0.320 e. The van der Waals surface area contributed by atoms with E-state index in [-0.39, 0.29) is 22.1 Å². The van der Waals surface area contributed by atoms with Crippen molar-refractivity contribution in [2.24, 2.45) is 0 Å². The van der Waals surface area contributed by atoms with Gasteiger partial charge >= 0.3 is 0 Å². The van der Waals surface area contributed by atoms with E-state index in [1.807, 2.05) is 0 Å². The van der Waals surface area contributed by atoms with Gasteiger partial charge in [0.15, 0.2) is 5.13 Å². The third-order valence-corrected chi connectivity index (χ3v) is 5.12. The highest BCUT2D eigenvalue weighted by atomic mass is 35.5. The maximum atomic E-state index is 14.2. The zero-order valence-corrected chi connectivity index (χ0v) is 17.5. The highest BCUT2D eigenvalue weighted by Crippen LogP contribution is 2.31. The van der Waals surface area contributed by atoms with Gasteiger partial charge in [0.2, 0.25) is 5.91 Å². The van der Waals surface area contributed by atoms with Gasteiger partial charge in [-0.1, -0.05) is 23.7 Å². The summed E-state index contributed by atoms with van der Waals surface area (Å²) in [7, 11) is 0. The molecule has 0 fully saturated rings. The van der Waals surface area contributed by atoms with Gasteiger partial charge in [-0.25, -0.2) is 13.8 Å². The highest BCUT2D eigenvalue weighted by Gasteiger charge is 2.22. The summed E-state index contributed by atoms with van der Waals surface area (Å²) in [5.74, 6) is -2.96. The summed E-state index contributed by atoms with van der Waals surface area (Å²) in [6.07, 6.45) is 1.23. The molecule has 10 heteroatoms. The summed E-state index contributed by atoms with van der Waals surface area (Å²) in [6, 6.07) is 11.1. The molecule has 3 rings (SSSR count). The lowest BCUT2D eigenvalue weighted by Gasteiger charge is -2.18. The average molecular weight is 459 g/mol. The van der Waals surface area contributed by atoms with Gasteiger partial charge in [0.25, 0.3) is 5.91 Å². The van der Waals surface area contributed by atoms with Crippen molar-refractivity contribution in [3.63, 3.8) is 0 Å². The summed E-state index contributed by atoms with van der Waals surface area (Å²) in [5.41, 5.74) is 0.123. The maximum Gasteiger partial charge on any atom is 0.266 e. The van der Waals surface area contributed by atoms with Crippen LogP contribution in [-0.4, -0.2) is 16.8 Å². The molecule has 2 aromatic carbocycles. The van der Waals surface area contributed by atoms with E-state index >= 15 is 0 Å². The summed E-state index contributed by atoms with van der Waals surface area (Å²) >= 11 is 7.00. The second kappa shape index (κ2) is 9.47. The molecule has 1 aromatic heterocycles. The Morgan fingerprint density at radius 3 is 2.65 bits per heavy atom. The average Bonchev–Trinajstić information content (AvgIpc) is 3.17. The number of aromatic nitrogens is 1. The summed E-state index contributed by atoms with van der Waals surface area (Å²) in [6.45, 7) is 1.21. The fraction of sp³-hybridized carbons (Fsp3) is 0.0476. The van der Waals surface area contributed by atoms with Gasteiger partial charge in [-0.15, -0.1) is 11.3 Å². The molecule has 0 aliphatic carbocycles. The molecule has 0 saturated carbocycles. The Morgan fingerprint density at radius 1 is 1.26 bits per heavy atom. The molecule has 2 amide bonds. The molecule has 0 aliphatic rings. The molecule has 31 heavy (non-hydrogen) atoms. The van der Waals surface area contributed by atoms with E-state index in [2.05, 4.69) is 10.3 Å². The van der Waals surface area contributed by atoms with Gasteiger partial charge in [-0.2, -0.15) is 5.26 Å². The van der Waals surface area contributed by atoms with E-state index in [0.29, 0.717) is 16.8 Å². The quantitative estimate of drug-likeness (QED) is 0.415. The van der Waals surface area contributed by atoms with Gasteiger partial charge in [-0.3, -0.25) is 14.5 Å². The van der Waals surface area contributed by atoms with Crippen molar-refractivity contribution in [2.75, 3.05) is 10.2 Å². The van der Waals surface area contributed by atoms with Crippen LogP contribution >= 0.6 is 22.9 Å². The predicted molar refractivity (Wildman–Crippen MR) is 115 cm³/mol. The molecule has 0 spiro atoms. The zero-order valence-electron chi connectivity index (χ0n) is 15.9. The second-order valence-electron chi connectivity index (χ2n) is 6.11. The SMILES string of the molecule is CC(=O)N(c1nc(/C=C(\C#N)C(=O)Nc2ccccc2Cl)cs1)c1ccc(F)cc1F. The Balaban J connectivity index is 1.89. The van der Waals surface area contributed by atoms with Gasteiger partial charge in [0.1, 0.15) is 23.3 Å². The molecular formula is C21H13ClF2N4O2S. The van der Waals surface area contributed by atoms with Crippen molar-refractivity contribution in [3.05, 3.63) is 75.8 Å². The van der Waals surface area contributed by atoms with E-state index < -0.39 is 23.4 Å². The van der Waals surface area contributed by atoms with Crippen LogP contribution in [0, 0.1) is 23.0 Å². The second-order valence-corrected chi connectivity index (χ2v) is 7.35. The monoisotopic (exact) mass is 458 g/mol. The molecule has 0 radical (unpaired) electrons. The van der Waals surface area contributed by atoms with Crippen LogP contribution in [0.15, 0.2) is 53.4 Å². The number of rotatable bonds is 5. The van der Waals surface area contributed by atoms with Crippen molar-refractivity contribution in [1.82, 2.24) is 4.98 Å². The molecular weight excluding hydrogens is 446 g/mol. The van der Waals surface area contributed by atoms with E-state index in [9.17, 15) is 23.6 Å². The number of nitrogens with zero attached hydrogens (tertiary/aromatic N) is 3. The minimum absolute atomic E-state index is 0.0908. The highest BCUT2D eigenvalue weighted by molar-refractivity contribution is 7.14. The van der Waals surface area contributed by atoms with Crippen molar-refractivity contribution < 1.29 is 18.4 Å². The molecule has 0 atom stereocenters. The maximum absolute atomic E-state index is 14.2. The number of hydrogen-bond donors (Lipinski definition) is 1. The fourth-order valence-corrected chi connectivity index (χ4v) is 3.58. The lowest BCUT2D eigenvalue weighted by Crippen LogP contribution is -2.23. The van der Waals surface area contributed by atoms with E-state index in [1.165, 1.54) is 18.4 Å². The minimum atomic E-state index is -0.931. The smallest absolute Gasteiger partial charge is 0.266 e. The molecule has 0 aliphatic heterocycles. The van der Waals surface area contributed by atoms with Gasteiger partial charge < -0.3 is 5.32 Å². The largest absolute Gasteiger partial charge is 0.320 e. The predicted octanol–water partition coefficient (Wildman–Crippen LogP) is 5.30. The molecule has 0 saturated heterocycles. The number of carbonyl (C=O) groups is 2. The Kier molecular flexibility index (Phi) is 6.74. The lowest BCUT2D eigenvalue weighted by atomic mass is 10.2. The van der Waals surface area contributed by atoms with E-state index in [1.54, 1.807) is 30.3 Å². The topological polar surface area (TPSA) is 86.1 Å². The standard InChI is InChI=1S/C21H13ClF2N4O2S/c1-12(29)28(19-7-6-14(23)9-17(19)24)21-26-15(11-31-21)8-13(10-25)20(30)27-18-5-3-2-4-16(18)22/h2-9,11H,1H3,(H,27,30)/b13-8+. The first kappa shape index (κ1) is 22.1. The molecule has 0 unspecified atom stereocenters. The number of nitriles is 1. The Bertz CT molecular complexity index is 1240. The molecule has 3 aromatic rings. The van der Waals surface area contributed by atoms with Crippen LogP contribution in [0.5, 0.6) is 0 Å². The Labute approximate surface area is 185 Å². The zero-order chi connectivity index (χ0) is 22.5. The van der Waals surface area contributed by atoms with Gasteiger partial charge in [-0.05, 0) is 30.3 Å². The molecule has 1 heterocycles. The van der Waals surface area contributed by atoms with Gasteiger partial charge in [0.05, 0.1) is 22.1 Å². The Morgan fingerprint density at radius 2 is 2.00 bits per heavy atom. The molecule has 156 valence electrons. The number of para-hydroxylation sites is 1. The molecule has 0 bridgehead atoms. The number of benzene rings is 2. The molecule has 6 nitrogen and oxygen atoms in total. The fourth-order valence-electron chi connectivity index (χ4n) is 2.56. The number of anilines is 3. The van der Waals surface area contributed by atoms with Crippen LogP contribution in [-0.2, 0) is 9.59 Å². The van der Waals surface area contributed by atoms with Crippen LogP contribution in [0.3, 0.4) is 0 Å². The first-order valence-electron chi connectivity index (χ1n) is 8.69. The number of hydrogen-bond acceptors (Lipinski definition) is 5. The van der Waals surface area contributed by atoms with E-state index in [0.717, 1.165) is 28.4 Å². The number of carbonyl (C=O) groups excluding carboxylic acids is 2. The third kappa shape index (κ3) is 5.12. The van der Waals surface area contributed by atoms with Crippen LogP contribution < -0.4 is 10.2 Å². The summed E-state index contributed by atoms with van der Waals surface area (Å²) in [4.78, 5) is 29.7. The number of nitrogens with one attached hydrogen (secondary N) is 1. The number of thiazole rings is 1. The van der Waals surface area contributed by atoms with Crippen LogP contribution in [0.1, 0.15) is 12.6 Å². The Hall–Kier alpha value is -3.61. The van der Waals surface area contributed by atoms with Crippen LogP contribution in [0.25, 0.3) is 6.08 Å². The lowest BCUT2D eigenvalue weighted by molar-refractivity contribution is -0.116. The summed E-state index contributed by atoms with van der Waals surface area (Å²) < 4.78 is 27.4. The van der Waals surface area contributed by atoms with Crippen molar-refractivity contribution in [1.29, 1.82) is 5.26 Å². The van der Waals surface area contributed by atoms with Crippen molar-refractivity contribution >= 4 is 57.3 Å². The van der Waals surface area contributed by atoms with Crippen LogP contribution in [0.2, 0.25) is 5.02 Å². The first-order chi connectivity index (χ1) is 14.8. The van der Waals surface area contributed by atoms with Gasteiger partial charge in [0, 0.05) is 18.4 Å². The normalized spacial score (nSPS) is 11.0. The number of halogens is 3. The number of amides is 2. The molecule has 1 N–H and O–H groups in total. The van der Waals surface area contributed by atoms with Crippen LogP contribution in [0.4, 0.5) is 25.3 Å². The van der Waals surface area contributed by atoms with E-state index in [4.69, 9.17) is 11.6 Å². The van der Waals surface area contributed by atoms with Crippen molar-refractivity contribution in [2.45, 2.75) is 6.92 Å². The third-order valence-electron chi connectivity index (χ3n) is 3.95. The van der Waals surface area contributed by atoms with Crippen molar-refractivity contribution in [3.8, 4) is 6.07 Å².